The van der Waals surface area contributed by atoms with E-state index in [-0.39, 0.29) is 11.3 Å². The smallest absolute Gasteiger partial charge is 0.229 e. The third-order valence-electron chi connectivity index (χ3n) is 6.58. The number of nitrogens with zero attached hydrogens (tertiary/aromatic N) is 5. The Morgan fingerprint density at radius 3 is 1.65 bits per heavy atom. The normalized spacial score (nSPS) is 16.0. The van der Waals surface area contributed by atoms with E-state index in [0.717, 1.165) is 69.0 Å². The molecule has 0 bridgehead atoms. The van der Waals surface area contributed by atoms with Crippen molar-refractivity contribution >= 4 is 53.7 Å². The van der Waals surface area contributed by atoms with Gasteiger partial charge < -0.3 is 5.73 Å². The Hall–Kier alpha value is -2.66. The number of nitriles is 2. The van der Waals surface area contributed by atoms with Gasteiger partial charge in [0.1, 0.15) is 0 Å². The van der Waals surface area contributed by atoms with E-state index in [4.69, 9.17) is 16.3 Å². The SMILES string of the molecule is N#CC1(c2ccc(Br)cn2)CCC1.N#CCc1ccc(Br)cn1.NC(=O)C1(c2ccc(Br)cn2)CCC1. The number of hydrogen-bond acceptors (Lipinski definition) is 6. The largest absolute Gasteiger partial charge is 0.369 e. The lowest BCUT2D eigenvalue weighted by atomic mass is 9.66. The van der Waals surface area contributed by atoms with Crippen molar-refractivity contribution in [2.24, 2.45) is 5.73 Å². The van der Waals surface area contributed by atoms with Crippen LogP contribution < -0.4 is 5.73 Å². The number of hydrogen-bond donors (Lipinski definition) is 1. The molecule has 0 atom stereocenters. The Morgan fingerprint density at radius 2 is 1.32 bits per heavy atom. The average Bonchev–Trinajstić information content (AvgIpc) is 2.83. The average molecular weight is 689 g/mol. The molecule has 0 spiro atoms. The van der Waals surface area contributed by atoms with Gasteiger partial charge in [-0.15, -0.1) is 0 Å². The maximum atomic E-state index is 11.4. The van der Waals surface area contributed by atoms with Gasteiger partial charge >= 0.3 is 0 Å². The summed E-state index contributed by atoms with van der Waals surface area (Å²) in [5.41, 5.74) is 7.19. The molecule has 0 aliphatic heterocycles. The van der Waals surface area contributed by atoms with Gasteiger partial charge in [0.2, 0.25) is 5.91 Å². The standard InChI is InChI=1S/C10H11BrN2O.C10H9BrN2.C7H5BrN2/c11-7-2-3-8(13-6-7)10(9(12)14)4-1-5-10;11-8-2-3-9(13-6-8)10(7-12)4-1-5-10;8-6-1-2-7(3-4-9)10-5-6/h2-3,6H,1,4-5H2,(H2,12,14);2-3,6H,1,4-5H2;1-2,5H,3H2. The number of aromatic nitrogens is 3. The second-order valence-electron chi connectivity index (χ2n) is 8.87. The van der Waals surface area contributed by atoms with Crippen LogP contribution in [0.1, 0.15) is 55.6 Å². The zero-order chi connectivity index (χ0) is 26.9. The fraction of sp³-hybridized carbons (Fsp3) is 0.333. The summed E-state index contributed by atoms with van der Waals surface area (Å²) in [6, 6.07) is 15.7. The minimum absolute atomic E-state index is 0.251. The van der Waals surface area contributed by atoms with Crippen LogP contribution >= 0.6 is 47.8 Å². The summed E-state index contributed by atoms with van der Waals surface area (Å²) in [6.45, 7) is 0. The number of rotatable bonds is 4. The number of nitrogens with two attached hydrogens (primary N) is 1. The van der Waals surface area contributed by atoms with E-state index in [9.17, 15) is 4.79 Å². The first-order valence-corrected chi connectivity index (χ1v) is 14.1. The highest BCUT2D eigenvalue weighted by molar-refractivity contribution is 9.11. The van der Waals surface area contributed by atoms with Gasteiger partial charge in [-0.2, -0.15) is 10.5 Å². The fourth-order valence-electron chi connectivity index (χ4n) is 4.02. The Bertz CT molecular complexity index is 1270. The lowest BCUT2D eigenvalue weighted by molar-refractivity contribution is -0.126. The first-order chi connectivity index (χ1) is 17.7. The molecule has 1 amide bonds. The van der Waals surface area contributed by atoms with Crippen LogP contribution in [0, 0.1) is 22.7 Å². The first-order valence-electron chi connectivity index (χ1n) is 11.7. The van der Waals surface area contributed by atoms with E-state index < -0.39 is 5.41 Å². The van der Waals surface area contributed by atoms with Gasteiger partial charge in [-0.3, -0.25) is 19.7 Å². The number of amides is 1. The summed E-state index contributed by atoms with van der Waals surface area (Å²) in [5, 5.41) is 17.3. The highest BCUT2D eigenvalue weighted by atomic mass is 79.9. The van der Waals surface area contributed by atoms with E-state index in [1.165, 1.54) is 0 Å². The van der Waals surface area contributed by atoms with Crippen molar-refractivity contribution in [3.8, 4) is 12.1 Å². The van der Waals surface area contributed by atoms with Crippen molar-refractivity contribution in [2.75, 3.05) is 0 Å². The summed E-state index contributed by atoms with van der Waals surface area (Å²) >= 11 is 9.89. The molecular weight excluding hydrogens is 664 g/mol. The fourth-order valence-corrected chi connectivity index (χ4v) is 4.73. The van der Waals surface area contributed by atoms with Crippen LogP contribution in [-0.4, -0.2) is 20.9 Å². The van der Waals surface area contributed by atoms with Crippen molar-refractivity contribution in [1.82, 2.24) is 15.0 Å². The number of pyridine rings is 3. The van der Waals surface area contributed by atoms with Gasteiger partial charge in [0, 0.05) is 32.0 Å². The molecular formula is C27H25Br3N6O. The topological polar surface area (TPSA) is 129 Å². The van der Waals surface area contributed by atoms with Crippen molar-refractivity contribution < 1.29 is 4.79 Å². The summed E-state index contributed by atoms with van der Waals surface area (Å²) in [7, 11) is 0. The number of carbonyl (C=O) groups is 1. The lowest BCUT2D eigenvalue weighted by Crippen LogP contribution is -2.47. The zero-order valence-electron chi connectivity index (χ0n) is 20.0. The highest BCUT2D eigenvalue weighted by Gasteiger charge is 2.45. The molecule has 0 aromatic carbocycles. The molecule has 190 valence electrons. The maximum Gasteiger partial charge on any atom is 0.229 e. The number of carbonyl (C=O) groups excluding carboxylic acids is 1. The van der Waals surface area contributed by atoms with Gasteiger partial charge in [-0.25, -0.2) is 0 Å². The Morgan fingerprint density at radius 1 is 0.811 bits per heavy atom. The van der Waals surface area contributed by atoms with Gasteiger partial charge in [0.25, 0.3) is 0 Å². The maximum absolute atomic E-state index is 11.4. The van der Waals surface area contributed by atoms with Crippen LogP contribution in [0.5, 0.6) is 0 Å². The van der Waals surface area contributed by atoms with E-state index in [0.29, 0.717) is 6.42 Å². The van der Waals surface area contributed by atoms with Crippen LogP contribution in [0.4, 0.5) is 0 Å². The molecule has 5 rings (SSSR count). The van der Waals surface area contributed by atoms with Crippen molar-refractivity contribution in [1.29, 1.82) is 10.5 Å². The third kappa shape index (κ3) is 7.22. The minimum atomic E-state index is -0.485. The van der Waals surface area contributed by atoms with Gasteiger partial charge in [0.15, 0.2) is 0 Å². The molecule has 2 fully saturated rings. The molecule has 2 aliphatic rings. The second-order valence-corrected chi connectivity index (χ2v) is 11.6. The second kappa shape index (κ2) is 13.2. The zero-order valence-corrected chi connectivity index (χ0v) is 24.8. The Balaban J connectivity index is 0.000000157. The quantitative estimate of drug-likeness (QED) is 0.335. The van der Waals surface area contributed by atoms with Crippen LogP contribution in [0.25, 0.3) is 0 Å². The summed E-state index contributed by atoms with van der Waals surface area (Å²) < 4.78 is 2.82. The predicted octanol–water partition coefficient (Wildman–Crippen LogP) is 6.45. The molecule has 3 aromatic heterocycles. The minimum Gasteiger partial charge on any atom is -0.369 e. The van der Waals surface area contributed by atoms with Gasteiger partial charge in [-0.05, 0) is 116 Å². The molecule has 2 saturated carbocycles. The van der Waals surface area contributed by atoms with Crippen molar-refractivity contribution in [3.63, 3.8) is 0 Å². The molecule has 37 heavy (non-hydrogen) atoms. The van der Waals surface area contributed by atoms with Crippen LogP contribution in [0.2, 0.25) is 0 Å². The molecule has 3 heterocycles. The van der Waals surface area contributed by atoms with E-state index in [1.54, 1.807) is 18.6 Å². The van der Waals surface area contributed by atoms with Crippen LogP contribution in [-0.2, 0) is 22.0 Å². The third-order valence-corrected chi connectivity index (χ3v) is 7.99. The monoisotopic (exact) mass is 686 g/mol. The number of primary amides is 1. The molecule has 0 unspecified atom stereocenters. The molecule has 0 radical (unpaired) electrons. The summed E-state index contributed by atoms with van der Waals surface area (Å²) in [4.78, 5) is 23.9. The summed E-state index contributed by atoms with van der Waals surface area (Å²) in [6.07, 6.45) is 11.3. The lowest BCUT2D eigenvalue weighted by Gasteiger charge is -2.38. The van der Waals surface area contributed by atoms with E-state index in [1.807, 2.05) is 42.5 Å². The summed E-state index contributed by atoms with van der Waals surface area (Å²) in [5.74, 6) is -0.251. The highest BCUT2D eigenvalue weighted by Crippen LogP contribution is 2.43. The Labute approximate surface area is 241 Å². The molecule has 3 aromatic rings. The van der Waals surface area contributed by atoms with Gasteiger partial charge in [-0.1, -0.05) is 6.42 Å². The molecule has 10 heteroatoms. The molecule has 0 saturated heterocycles. The molecule has 7 nitrogen and oxygen atoms in total. The Kier molecular flexibility index (Phi) is 10.3. The predicted molar refractivity (Wildman–Crippen MR) is 151 cm³/mol. The van der Waals surface area contributed by atoms with Crippen LogP contribution in [0.3, 0.4) is 0 Å². The van der Waals surface area contributed by atoms with Gasteiger partial charge in [0.05, 0.1) is 46.5 Å². The molecule has 2 aliphatic carbocycles. The number of halogens is 3. The van der Waals surface area contributed by atoms with Crippen molar-refractivity contribution in [3.05, 3.63) is 85.5 Å². The van der Waals surface area contributed by atoms with Crippen molar-refractivity contribution in [2.45, 2.75) is 55.8 Å². The van der Waals surface area contributed by atoms with Crippen LogP contribution in [0.15, 0.2) is 68.4 Å². The van der Waals surface area contributed by atoms with E-state index >= 15 is 0 Å². The van der Waals surface area contributed by atoms with E-state index in [2.05, 4.69) is 68.8 Å². The first kappa shape index (κ1) is 28.9. The molecule has 2 N–H and O–H groups in total.